The van der Waals surface area contributed by atoms with Gasteiger partial charge in [0.25, 0.3) is 0 Å². The molecule has 2 heterocycles. The van der Waals surface area contributed by atoms with Gasteiger partial charge in [-0.15, -0.1) is 11.3 Å². The largest absolute Gasteiger partial charge is 0.485 e. The third-order valence-corrected chi connectivity index (χ3v) is 7.46. The molecule has 0 amide bonds. The van der Waals surface area contributed by atoms with E-state index in [-0.39, 0.29) is 12.1 Å². The molecule has 1 saturated carbocycles. The molecule has 0 saturated heterocycles. The van der Waals surface area contributed by atoms with Gasteiger partial charge < -0.3 is 19.9 Å². The Balaban J connectivity index is 1.72. The summed E-state index contributed by atoms with van der Waals surface area (Å²) in [5.74, 6) is 0.101. The van der Waals surface area contributed by atoms with Crippen molar-refractivity contribution in [2.24, 2.45) is 4.99 Å². The lowest BCUT2D eigenvalue weighted by atomic mass is 9.95. The number of rotatable bonds is 4. The highest BCUT2D eigenvalue weighted by Gasteiger charge is 2.28. The third kappa shape index (κ3) is 5.12. The van der Waals surface area contributed by atoms with Crippen molar-refractivity contribution >= 4 is 28.8 Å². The average molecular weight is 473 g/mol. The van der Waals surface area contributed by atoms with Crippen LogP contribution < -0.4 is 10.1 Å². The van der Waals surface area contributed by atoms with Crippen molar-refractivity contribution in [2.75, 3.05) is 12.4 Å². The third-order valence-electron chi connectivity index (χ3n) is 6.13. The van der Waals surface area contributed by atoms with Crippen molar-refractivity contribution in [3.05, 3.63) is 56.7 Å². The second-order valence-corrected chi connectivity index (χ2v) is 9.68. The Labute approximate surface area is 197 Å². The lowest BCUT2D eigenvalue weighted by molar-refractivity contribution is 0.00713. The number of benzene rings is 1. The van der Waals surface area contributed by atoms with E-state index in [1.165, 1.54) is 30.6 Å². The quantitative estimate of drug-likeness (QED) is 0.585. The molecule has 8 heteroatoms. The lowest BCUT2D eigenvalue weighted by Gasteiger charge is -2.29. The van der Waals surface area contributed by atoms with E-state index in [2.05, 4.69) is 10.3 Å². The van der Waals surface area contributed by atoms with Crippen LogP contribution in [0.25, 0.3) is 0 Å². The first-order chi connectivity index (χ1) is 15.9. The van der Waals surface area contributed by atoms with Crippen LogP contribution >= 0.6 is 11.3 Å². The summed E-state index contributed by atoms with van der Waals surface area (Å²) in [7, 11) is 1.37. The Morgan fingerprint density at radius 1 is 1.24 bits per heavy atom. The Morgan fingerprint density at radius 2 is 2.03 bits per heavy atom. The number of carbonyl (C=O) groups is 1. The van der Waals surface area contributed by atoms with Gasteiger partial charge in [0.05, 0.1) is 18.9 Å². The van der Waals surface area contributed by atoms with E-state index in [0.717, 1.165) is 53.7 Å². The summed E-state index contributed by atoms with van der Waals surface area (Å²) in [6.07, 6.45) is 5.79. The van der Waals surface area contributed by atoms with Gasteiger partial charge in [-0.1, -0.05) is 12.0 Å². The number of fused-ring (bicyclic) bond motifs is 1. The highest BCUT2D eigenvalue weighted by molar-refractivity contribution is 7.14. The van der Waals surface area contributed by atoms with Crippen molar-refractivity contribution in [1.82, 2.24) is 0 Å². The van der Waals surface area contributed by atoms with Gasteiger partial charge in [0.2, 0.25) is 0 Å². The summed E-state index contributed by atoms with van der Waals surface area (Å²) in [5, 5.41) is 13.7. The summed E-state index contributed by atoms with van der Waals surface area (Å²) < 4.78 is 25.2. The SMILES string of the molecule is COC(=O)c1sc2c(c1C)C(Nc1ccc(F)cc1O[C@@H]1CCCC[C@@H]1O)=NC=C(C)CC2. The van der Waals surface area contributed by atoms with Crippen molar-refractivity contribution in [2.45, 2.75) is 64.6 Å². The summed E-state index contributed by atoms with van der Waals surface area (Å²) in [6, 6.07) is 4.30. The molecular weight excluding hydrogens is 443 g/mol. The van der Waals surface area contributed by atoms with Crippen LogP contribution in [0, 0.1) is 12.7 Å². The molecule has 0 bridgehead atoms. The van der Waals surface area contributed by atoms with Crippen molar-refractivity contribution in [3.63, 3.8) is 0 Å². The molecule has 0 unspecified atom stereocenters. The van der Waals surface area contributed by atoms with Gasteiger partial charge in [0.1, 0.15) is 28.4 Å². The van der Waals surface area contributed by atoms with E-state index in [9.17, 15) is 14.3 Å². The molecule has 0 spiro atoms. The molecule has 176 valence electrons. The van der Waals surface area contributed by atoms with Crippen LogP contribution in [-0.4, -0.2) is 36.2 Å². The number of aliphatic hydroxyl groups excluding tert-OH is 1. The van der Waals surface area contributed by atoms with Gasteiger partial charge in [-0.3, -0.25) is 0 Å². The van der Waals surface area contributed by atoms with Crippen LogP contribution in [0.3, 0.4) is 0 Å². The predicted octanol–water partition coefficient (Wildman–Crippen LogP) is 5.37. The van der Waals surface area contributed by atoms with Crippen LogP contribution in [-0.2, 0) is 11.2 Å². The number of esters is 1. The topological polar surface area (TPSA) is 80.2 Å². The number of hydrogen-bond acceptors (Lipinski definition) is 7. The number of nitrogens with one attached hydrogen (secondary N) is 1. The second kappa shape index (κ2) is 10.1. The zero-order valence-electron chi connectivity index (χ0n) is 19.1. The fraction of sp³-hybridized carbons (Fsp3) is 0.440. The van der Waals surface area contributed by atoms with Gasteiger partial charge in [0, 0.05) is 22.7 Å². The lowest BCUT2D eigenvalue weighted by Crippen LogP contribution is -2.35. The number of nitrogens with zero attached hydrogens (tertiary/aromatic N) is 1. The Morgan fingerprint density at radius 3 is 2.79 bits per heavy atom. The Kier molecular flexibility index (Phi) is 7.14. The smallest absolute Gasteiger partial charge is 0.348 e. The number of carbonyl (C=O) groups excluding carboxylic acids is 1. The maximum atomic E-state index is 14.1. The summed E-state index contributed by atoms with van der Waals surface area (Å²) >= 11 is 1.42. The summed E-state index contributed by atoms with van der Waals surface area (Å²) in [5.41, 5.74) is 3.33. The fourth-order valence-electron chi connectivity index (χ4n) is 4.26. The maximum Gasteiger partial charge on any atom is 0.348 e. The monoisotopic (exact) mass is 472 g/mol. The van der Waals surface area contributed by atoms with Crippen LogP contribution in [0.5, 0.6) is 5.75 Å². The van der Waals surface area contributed by atoms with Gasteiger partial charge in [-0.25, -0.2) is 14.2 Å². The van der Waals surface area contributed by atoms with E-state index in [0.29, 0.717) is 28.6 Å². The van der Waals surface area contributed by atoms with Gasteiger partial charge >= 0.3 is 5.97 Å². The molecule has 2 atom stereocenters. The van der Waals surface area contributed by atoms with Crippen LogP contribution in [0.15, 0.2) is 35.0 Å². The molecule has 33 heavy (non-hydrogen) atoms. The van der Waals surface area contributed by atoms with E-state index >= 15 is 0 Å². The normalized spacial score (nSPS) is 20.6. The van der Waals surface area contributed by atoms with Gasteiger partial charge in [-0.05, 0) is 63.6 Å². The van der Waals surface area contributed by atoms with E-state index < -0.39 is 11.9 Å². The zero-order chi connectivity index (χ0) is 23.5. The molecule has 2 N–H and O–H groups in total. The molecule has 2 aromatic rings. The van der Waals surface area contributed by atoms with Gasteiger partial charge in [-0.2, -0.15) is 0 Å². The first-order valence-electron chi connectivity index (χ1n) is 11.2. The molecule has 2 aliphatic rings. The average Bonchev–Trinajstić information content (AvgIpc) is 3.12. The zero-order valence-corrected chi connectivity index (χ0v) is 19.9. The number of amidine groups is 1. The van der Waals surface area contributed by atoms with E-state index in [4.69, 9.17) is 9.47 Å². The molecule has 6 nitrogen and oxygen atoms in total. The number of aliphatic hydroxyl groups is 1. The molecule has 1 aromatic heterocycles. The number of thiophene rings is 1. The van der Waals surface area contributed by atoms with Crippen LogP contribution in [0.2, 0.25) is 0 Å². The Bertz CT molecular complexity index is 1110. The maximum absolute atomic E-state index is 14.1. The predicted molar refractivity (Wildman–Crippen MR) is 128 cm³/mol. The van der Waals surface area contributed by atoms with Crippen LogP contribution in [0.4, 0.5) is 10.1 Å². The molecule has 4 rings (SSSR count). The molecule has 1 aliphatic carbocycles. The minimum absolute atomic E-state index is 0.328. The van der Waals surface area contributed by atoms with E-state index in [1.54, 1.807) is 6.07 Å². The van der Waals surface area contributed by atoms with Crippen molar-refractivity contribution in [3.8, 4) is 5.75 Å². The minimum atomic E-state index is -0.576. The molecule has 0 radical (unpaired) electrons. The molecular formula is C25H29FN2O4S. The number of aryl methyl sites for hydroxylation is 1. The molecule has 1 aliphatic heterocycles. The second-order valence-electron chi connectivity index (χ2n) is 8.57. The van der Waals surface area contributed by atoms with E-state index in [1.807, 2.05) is 20.0 Å². The number of hydrogen-bond donors (Lipinski definition) is 2. The summed E-state index contributed by atoms with van der Waals surface area (Å²) in [4.78, 5) is 18.6. The molecule has 1 aromatic carbocycles. The number of anilines is 1. The molecule has 1 fully saturated rings. The first kappa shape index (κ1) is 23.4. The Hall–Kier alpha value is -2.71. The van der Waals surface area contributed by atoms with Crippen molar-refractivity contribution < 1.29 is 23.8 Å². The highest BCUT2D eigenvalue weighted by Crippen LogP contribution is 2.35. The number of aliphatic imine (C=N–C) groups is 1. The first-order valence-corrected chi connectivity index (χ1v) is 12.0. The number of ether oxygens (including phenoxy) is 2. The number of halogens is 1. The summed E-state index contributed by atoms with van der Waals surface area (Å²) in [6.45, 7) is 3.90. The minimum Gasteiger partial charge on any atom is -0.485 e. The fourth-order valence-corrected chi connectivity index (χ4v) is 5.48. The number of methoxy groups -OCH3 is 1. The van der Waals surface area contributed by atoms with Crippen molar-refractivity contribution in [1.29, 1.82) is 0 Å². The highest BCUT2D eigenvalue weighted by atomic mass is 32.1. The number of allylic oxidation sites excluding steroid dienone is 1. The van der Waals surface area contributed by atoms with Gasteiger partial charge in [0.15, 0.2) is 0 Å². The van der Waals surface area contributed by atoms with Crippen LogP contribution in [0.1, 0.15) is 64.7 Å². The standard InChI is InChI=1S/C25H29FN2O4S/c1-14-8-11-21-22(15(2)23(33-21)25(30)31-3)24(27-13-14)28-17-10-9-16(26)12-20(17)32-19-7-5-4-6-18(19)29/h9-10,12-13,18-19,29H,4-8,11H2,1-3H3,(H,27,28)/t18-,19+/m0/s1.